The Balaban J connectivity index is 2.00. The summed E-state index contributed by atoms with van der Waals surface area (Å²) < 4.78 is 0. The van der Waals surface area contributed by atoms with Gasteiger partial charge in [0.2, 0.25) is 11.8 Å². The van der Waals surface area contributed by atoms with Crippen LogP contribution in [0, 0.1) is 20.8 Å². The highest BCUT2D eigenvalue weighted by molar-refractivity contribution is 6.31. The van der Waals surface area contributed by atoms with Crippen molar-refractivity contribution < 1.29 is 9.59 Å². The van der Waals surface area contributed by atoms with Crippen molar-refractivity contribution in [2.75, 3.05) is 10.6 Å². The molecule has 0 bridgehead atoms. The van der Waals surface area contributed by atoms with Crippen molar-refractivity contribution in [3.8, 4) is 0 Å². The number of carbonyl (C=O) groups excluding carboxylic acids is 2. The van der Waals surface area contributed by atoms with Crippen molar-refractivity contribution in [3.63, 3.8) is 0 Å². The number of benzene rings is 2. The molecule has 0 aliphatic carbocycles. The summed E-state index contributed by atoms with van der Waals surface area (Å²) >= 11 is 6.01. The van der Waals surface area contributed by atoms with E-state index in [1.807, 2.05) is 39.0 Å². The van der Waals surface area contributed by atoms with Gasteiger partial charge in [0.1, 0.15) is 6.42 Å². The molecule has 0 saturated heterocycles. The molecule has 0 aliphatic rings. The van der Waals surface area contributed by atoms with E-state index in [0.29, 0.717) is 10.7 Å². The predicted molar refractivity (Wildman–Crippen MR) is 94.0 cm³/mol. The lowest BCUT2D eigenvalue weighted by Gasteiger charge is -2.12. The molecule has 5 heteroatoms. The van der Waals surface area contributed by atoms with Gasteiger partial charge in [0.05, 0.1) is 0 Å². The third-order valence-electron chi connectivity index (χ3n) is 3.61. The Kier molecular flexibility index (Phi) is 5.40. The van der Waals surface area contributed by atoms with Crippen LogP contribution in [0.2, 0.25) is 5.02 Å². The molecule has 0 saturated carbocycles. The van der Waals surface area contributed by atoms with Gasteiger partial charge in [0, 0.05) is 16.4 Å². The number of carbonyl (C=O) groups is 2. The lowest BCUT2D eigenvalue weighted by Crippen LogP contribution is -2.22. The third kappa shape index (κ3) is 4.33. The van der Waals surface area contributed by atoms with Crippen LogP contribution in [0.15, 0.2) is 36.4 Å². The topological polar surface area (TPSA) is 58.2 Å². The lowest BCUT2D eigenvalue weighted by atomic mass is 10.1. The van der Waals surface area contributed by atoms with Crippen molar-refractivity contribution in [2.24, 2.45) is 0 Å². The second-order valence-corrected chi connectivity index (χ2v) is 5.86. The van der Waals surface area contributed by atoms with Gasteiger partial charge < -0.3 is 10.6 Å². The zero-order valence-electron chi connectivity index (χ0n) is 13.4. The number of halogens is 1. The van der Waals surface area contributed by atoms with Crippen LogP contribution in [0.1, 0.15) is 23.1 Å². The smallest absolute Gasteiger partial charge is 0.233 e. The molecular weight excluding hydrogens is 312 g/mol. The highest BCUT2D eigenvalue weighted by atomic mass is 35.5. The van der Waals surface area contributed by atoms with Crippen LogP contribution in [0.5, 0.6) is 0 Å². The molecule has 2 aromatic rings. The van der Waals surface area contributed by atoms with Crippen LogP contribution in [-0.4, -0.2) is 11.8 Å². The zero-order valence-corrected chi connectivity index (χ0v) is 14.1. The molecule has 0 unspecified atom stereocenters. The van der Waals surface area contributed by atoms with E-state index >= 15 is 0 Å². The average molecular weight is 331 g/mol. The molecule has 0 aliphatic heterocycles. The molecule has 0 fully saturated rings. The van der Waals surface area contributed by atoms with E-state index in [1.54, 1.807) is 18.2 Å². The van der Waals surface area contributed by atoms with Gasteiger partial charge in [0.25, 0.3) is 0 Å². The Bertz CT molecular complexity index is 736. The fraction of sp³-hybridized carbons (Fsp3) is 0.222. The van der Waals surface area contributed by atoms with E-state index < -0.39 is 0 Å². The lowest BCUT2D eigenvalue weighted by molar-refractivity contribution is -0.123. The number of amides is 2. The Morgan fingerprint density at radius 1 is 0.913 bits per heavy atom. The maximum Gasteiger partial charge on any atom is 0.233 e. The number of hydrogen-bond acceptors (Lipinski definition) is 2. The first-order valence-corrected chi connectivity index (χ1v) is 7.67. The molecule has 2 aromatic carbocycles. The Hall–Kier alpha value is -2.33. The van der Waals surface area contributed by atoms with Crippen molar-refractivity contribution >= 4 is 34.8 Å². The molecule has 0 aromatic heterocycles. The maximum atomic E-state index is 12.1. The molecular formula is C18H19ClN2O2. The summed E-state index contributed by atoms with van der Waals surface area (Å²) in [7, 11) is 0. The van der Waals surface area contributed by atoms with Gasteiger partial charge in [-0.05, 0) is 49.6 Å². The number of rotatable bonds is 4. The molecule has 23 heavy (non-hydrogen) atoms. The van der Waals surface area contributed by atoms with Crippen molar-refractivity contribution in [1.29, 1.82) is 0 Å². The molecule has 0 heterocycles. The van der Waals surface area contributed by atoms with E-state index in [2.05, 4.69) is 10.6 Å². The summed E-state index contributed by atoms with van der Waals surface area (Å²) in [5.74, 6) is -0.723. The average Bonchev–Trinajstić information content (AvgIpc) is 2.48. The van der Waals surface area contributed by atoms with E-state index in [1.165, 1.54) is 0 Å². The van der Waals surface area contributed by atoms with Crippen LogP contribution in [0.25, 0.3) is 0 Å². The quantitative estimate of drug-likeness (QED) is 0.824. The summed E-state index contributed by atoms with van der Waals surface area (Å²) in [6.07, 6.45) is -0.250. The second-order valence-electron chi connectivity index (χ2n) is 5.45. The zero-order chi connectivity index (χ0) is 17.0. The molecule has 0 radical (unpaired) electrons. The van der Waals surface area contributed by atoms with Crippen molar-refractivity contribution in [1.82, 2.24) is 0 Å². The van der Waals surface area contributed by atoms with Crippen LogP contribution < -0.4 is 10.6 Å². The first-order chi connectivity index (χ1) is 10.9. The Labute approximate surface area is 140 Å². The van der Waals surface area contributed by atoms with Gasteiger partial charge in [-0.2, -0.15) is 0 Å². The van der Waals surface area contributed by atoms with Crippen LogP contribution in [0.4, 0.5) is 11.4 Å². The number of nitrogens with one attached hydrogen (secondary N) is 2. The number of hydrogen-bond donors (Lipinski definition) is 2. The van der Waals surface area contributed by atoms with Crippen LogP contribution in [0.3, 0.4) is 0 Å². The minimum atomic E-state index is -0.376. The van der Waals surface area contributed by atoms with E-state index in [0.717, 1.165) is 22.4 Å². The third-order valence-corrected chi connectivity index (χ3v) is 4.02. The van der Waals surface area contributed by atoms with Gasteiger partial charge in [-0.3, -0.25) is 9.59 Å². The minimum Gasteiger partial charge on any atom is -0.325 e. The van der Waals surface area contributed by atoms with Gasteiger partial charge in [0.15, 0.2) is 0 Å². The summed E-state index contributed by atoms with van der Waals surface area (Å²) in [6.45, 7) is 5.64. The normalized spacial score (nSPS) is 10.3. The number of aryl methyl sites for hydroxylation is 2. The molecule has 0 atom stereocenters. The summed E-state index contributed by atoms with van der Waals surface area (Å²) in [4.78, 5) is 24.1. The van der Waals surface area contributed by atoms with Crippen molar-refractivity contribution in [3.05, 3.63) is 58.1 Å². The fourth-order valence-corrected chi connectivity index (χ4v) is 2.45. The van der Waals surface area contributed by atoms with E-state index in [4.69, 9.17) is 11.6 Å². The van der Waals surface area contributed by atoms with E-state index in [-0.39, 0.29) is 18.2 Å². The standard InChI is InChI=1S/C18H19ClN2O2/c1-11-6-4-7-12(2)18(11)21-17(23)10-16(22)20-15-9-5-8-14(19)13(15)3/h4-9H,10H2,1-3H3,(H,20,22)(H,21,23). The van der Waals surface area contributed by atoms with Crippen LogP contribution in [-0.2, 0) is 9.59 Å². The molecule has 2 N–H and O–H groups in total. The first-order valence-electron chi connectivity index (χ1n) is 7.29. The summed E-state index contributed by atoms with van der Waals surface area (Å²) in [6, 6.07) is 11.0. The van der Waals surface area contributed by atoms with Crippen LogP contribution >= 0.6 is 11.6 Å². The monoisotopic (exact) mass is 330 g/mol. The summed E-state index contributed by atoms with van der Waals surface area (Å²) in [5.41, 5.74) is 4.07. The fourth-order valence-electron chi connectivity index (χ4n) is 2.28. The Morgan fingerprint density at radius 3 is 2.13 bits per heavy atom. The predicted octanol–water partition coefficient (Wildman–Crippen LogP) is 4.23. The van der Waals surface area contributed by atoms with Crippen molar-refractivity contribution in [2.45, 2.75) is 27.2 Å². The SMILES string of the molecule is Cc1cccc(C)c1NC(=O)CC(=O)Nc1cccc(Cl)c1C. The van der Waals surface area contributed by atoms with Gasteiger partial charge >= 0.3 is 0 Å². The molecule has 4 nitrogen and oxygen atoms in total. The van der Waals surface area contributed by atoms with Gasteiger partial charge in [-0.25, -0.2) is 0 Å². The largest absolute Gasteiger partial charge is 0.325 e. The molecule has 120 valence electrons. The highest BCUT2D eigenvalue weighted by Crippen LogP contribution is 2.23. The minimum absolute atomic E-state index is 0.250. The van der Waals surface area contributed by atoms with E-state index in [9.17, 15) is 9.59 Å². The van der Waals surface area contributed by atoms with Gasteiger partial charge in [-0.1, -0.05) is 35.9 Å². The molecule has 0 spiro atoms. The second kappa shape index (κ2) is 7.29. The summed E-state index contributed by atoms with van der Waals surface area (Å²) in [5, 5.41) is 6.08. The Morgan fingerprint density at radius 2 is 1.48 bits per heavy atom. The number of para-hydroxylation sites is 1. The highest BCUT2D eigenvalue weighted by Gasteiger charge is 2.13. The maximum absolute atomic E-state index is 12.1. The first kappa shape index (κ1) is 17.0. The number of anilines is 2. The molecule has 2 amide bonds. The molecule has 2 rings (SSSR count). The van der Waals surface area contributed by atoms with Gasteiger partial charge in [-0.15, -0.1) is 0 Å².